The molecule has 12 heteroatoms. The van der Waals surface area contributed by atoms with Gasteiger partial charge in [-0.2, -0.15) is 5.01 Å². The molecule has 2 N–H and O–H groups in total. The number of aromatic hydroxyl groups is 1. The molecule has 9 nitrogen and oxygen atoms in total. The number of carbonyl (C=O) groups is 4. The van der Waals surface area contributed by atoms with Crippen molar-refractivity contribution in [2.75, 3.05) is 12.5 Å². The van der Waals surface area contributed by atoms with E-state index in [1.807, 2.05) is 26.8 Å². The maximum absolute atomic E-state index is 15.3. The maximum atomic E-state index is 15.3. The zero-order valence-electron chi connectivity index (χ0n) is 27.2. The van der Waals surface area contributed by atoms with Gasteiger partial charge in [-0.05, 0) is 93.6 Å². The van der Waals surface area contributed by atoms with Crippen LogP contribution in [0.25, 0.3) is 0 Å². The number of hydrogen-bond acceptors (Lipinski definition) is 7. The molecular formula is C37H34BrCl2N3O6. The molecule has 1 saturated carbocycles. The van der Waals surface area contributed by atoms with Crippen molar-refractivity contribution in [3.8, 4) is 11.5 Å². The summed E-state index contributed by atoms with van der Waals surface area (Å²) in [6.45, 7) is 5.49. The molecule has 3 fully saturated rings. The zero-order chi connectivity index (χ0) is 35.2. The van der Waals surface area contributed by atoms with Gasteiger partial charge in [-0.1, -0.05) is 62.9 Å². The number of halogens is 3. The molecule has 2 heterocycles. The molecule has 4 amide bonds. The number of imide groups is 2. The fourth-order valence-corrected chi connectivity index (χ4v) is 9.44. The third kappa shape index (κ3) is 5.01. The van der Waals surface area contributed by atoms with Crippen LogP contribution in [0.3, 0.4) is 0 Å². The van der Waals surface area contributed by atoms with Gasteiger partial charge in [0.05, 0.1) is 41.0 Å². The van der Waals surface area contributed by atoms with E-state index in [-0.39, 0.29) is 35.4 Å². The highest BCUT2D eigenvalue weighted by molar-refractivity contribution is 9.10. The van der Waals surface area contributed by atoms with Crippen LogP contribution < -0.4 is 10.2 Å². The summed E-state index contributed by atoms with van der Waals surface area (Å²) in [5, 5.41) is 13.1. The van der Waals surface area contributed by atoms with Crippen molar-refractivity contribution >= 4 is 68.4 Å². The number of ether oxygens (including phenoxy) is 1. The highest BCUT2D eigenvalue weighted by Crippen LogP contribution is 2.65. The van der Waals surface area contributed by atoms with Crippen LogP contribution in [0.15, 0.2) is 76.8 Å². The van der Waals surface area contributed by atoms with Crippen molar-refractivity contribution in [2.24, 2.45) is 23.7 Å². The fourth-order valence-electron chi connectivity index (χ4n) is 8.61. The SMILES string of the molecule is COc1ccc(C23C(=O)N(Nc4ccc(Cl)cc4Cl)C(=O)C2CC2C(=CCC4C(=O)N(C(C)(C)C)C(=O)C42)C3c2cc(Br)ccc2O)cc1. The second-order valence-electron chi connectivity index (χ2n) is 14.1. The third-order valence-electron chi connectivity index (χ3n) is 10.6. The summed E-state index contributed by atoms with van der Waals surface area (Å²) in [6.07, 6.45) is 2.37. The largest absolute Gasteiger partial charge is 0.508 e. The summed E-state index contributed by atoms with van der Waals surface area (Å²) in [5.41, 5.74) is 2.66. The van der Waals surface area contributed by atoms with E-state index in [1.54, 1.807) is 61.7 Å². The van der Waals surface area contributed by atoms with Crippen molar-refractivity contribution in [1.29, 1.82) is 0 Å². The first-order valence-electron chi connectivity index (χ1n) is 16.0. The summed E-state index contributed by atoms with van der Waals surface area (Å²) in [7, 11) is 1.54. The zero-order valence-corrected chi connectivity index (χ0v) is 30.3. The molecule has 3 aromatic rings. The van der Waals surface area contributed by atoms with Crippen LogP contribution in [-0.4, -0.2) is 51.3 Å². The van der Waals surface area contributed by atoms with Gasteiger partial charge in [0.15, 0.2) is 0 Å². The summed E-state index contributed by atoms with van der Waals surface area (Å²) >= 11 is 16.2. The van der Waals surface area contributed by atoms with Gasteiger partial charge in [0.2, 0.25) is 11.8 Å². The summed E-state index contributed by atoms with van der Waals surface area (Å²) in [4.78, 5) is 59.5. The van der Waals surface area contributed by atoms with Gasteiger partial charge in [-0.25, -0.2) is 0 Å². The first kappa shape index (κ1) is 33.6. The number of benzene rings is 3. The number of amides is 4. The van der Waals surface area contributed by atoms with Crippen molar-refractivity contribution < 1.29 is 29.0 Å². The molecule has 3 aromatic carbocycles. The first-order chi connectivity index (χ1) is 23.2. The lowest BCUT2D eigenvalue weighted by Gasteiger charge is -2.50. The molecule has 254 valence electrons. The van der Waals surface area contributed by atoms with Crippen molar-refractivity contribution in [1.82, 2.24) is 9.91 Å². The lowest BCUT2D eigenvalue weighted by Crippen LogP contribution is -2.53. The number of anilines is 1. The van der Waals surface area contributed by atoms with Crippen LogP contribution >= 0.6 is 39.1 Å². The van der Waals surface area contributed by atoms with Gasteiger partial charge >= 0.3 is 0 Å². The molecular weight excluding hydrogens is 733 g/mol. The Bertz CT molecular complexity index is 1960. The van der Waals surface area contributed by atoms with E-state index < -0.39 is 52.4 Å². The van der Waals surface area contributed by atoms with Crippen LogP contribution in [0.4, 0.5) is 5.69 Å². The van der Waals surface area contributed by atoms with Gasteiger partial charge in [0.25, 0.3) is 11.8 Å². The molecule has 2 aliphatic heterocycles. The minimum atomic E-state index is -1.57. The smallest absolute Gasteiger partial charge is 0.260 e. The molecule has 2 saturated heterocycles. The van der Waals surface area contributed by atoms with Crippen LogP contribution in [-0.2, 0) is 24.6 Å². The number of fused-ring (bicyclic) bond motifs is 4. The number of hydrazine groups is 1. The quantitative estimate of drug-likeness (QED) is 0.208. The van der Waals surface area contributed by atoms with Gasteiger partial charge < -0.3 is 9.84 Å². The van der Waals surface area contributed by atoms with E-state index in [1.165, 1.54) is 11.0 Å². The minimum Gasteiger partial charge on any atom is -0.508 e. The lowest BCUT2D eigenvalue weighted by atomic mass is 9.49. The molecule has 7 rings (SSSR count). The van der Waals surface area contributed by atoms with Crippen LogP contribution in [0, 0.1) is 23.7 Å². The number of phenols is 1. The van der Waals surface area contributed by atoms with Crippen molar-refractivity contribution in [3.63, 3.8) is 0 Å². The van der Waals surface area contributed by atoms with E-state index in [2.05, 4.69) is 21.4 Å². The van der Waals surface area contributed by atoms with Gasteiger partial charge in [-0.15, -0.1) is 0 Å². The van der Waals surface area contributed by atoms with Crippen molar-refractivity contribution in [3.05, 3.63) is 98.0 Å². The van der Waals surface area contributed by atoms with Gasteiger partial charge in [0.1, 0.15) is 11.5 Å². The van der Waals surface area contributed by atoms with E-state index in [0.29, 0.717) is 32.1 Å². The van der Waals surface area contributed by atoms with Crippen molar-refractivity contribution in [2.45, 2.75) is 50.5 Å². The second kappa shape index (κ2) is 11.9. The summed E-state index contributed by atoms with van der Waals surface area (Å²) < 4.78 is 6.10. The number of hydrogen-bond donors (Lipinski definition) is 2. The first-order valence-corrected chi connectivity index (χ1v) is 17.6. The Morgan fingerprint density at radius 3 is 2.31 bits per heavy atom. The molecule has 0 radical (unpaired) electrons. The Morgan fingerprint density at radius 2 is 1.65 bits per heavy atom. The average molecular weight is 768 g/mol. The summed E-state index contributed by atoms with van der Waals surface area (Å²) in [5.74, 6) is -4.86. The van der Waals surface area contributed by atoms with E-state index in [0.717, 1.165) is 10.6 Å². The van der Waals surface area contributed by atoms with E-state index in [9.17, 15) is 19.5 Å². The van der Waals surface area contributed by atoms with Crippen LogP contribution in [0.5, 0.6) is 11.5 Å². The average Bonchev–Trinajstić information content (AvgIpc) is 3.44. The number of carbonyl (C=O) groups excluding carboxylic acids is 4. The molecule has 0 bridgehead atoms. The maximum Gasteiger partial charge on any atom is 0.260 e. The van der Waals surface area contributed by atoms with Gasteiger partial charge in [-0.3, -0.25) is 29.5 Å². The van der Waals surface area contributed by atoms with E-state index in [4.69, 9.17) is 27.9 Å². The Morgan fingerprint density at radius 1 is 0.939 bits per heavy atom. The number of methoxy groups -OCH3 is 1. The second-order valence-corrected chi connectivity index (χ2v) is 15.9. The molecule has 2 aliphatic carbocycles. The monoisotopic (exact) mass is 765 g/mol. The number of nitrogens with zero attached hydrogens (tertiary/aromatic N) is 2. The number of rotatable bonds is 5. The minimum absolute atomic E-state index is 0.0685. The lowest BCUT2D eigenvalue weighted by molar-refractivity contribution is -0.146. The standard InChI is InChI=1S/C37H34BrCl2N3O6/c1-36(2,3)42-32(45)23-12-11-22-24(30(23)34(42)47)17-26-33(46)43(41-28-13-8-20(39)16-27(28)40)35(48)37(26,18-5-9-21(49-4)10-6-18)31(22)25-15-19(38)7-14-29(25)44/h5-11,13-16,23-24,26,30-31,41,44H,12,17H2,1-4H3. The highest BCUT2D eigenvalue weighted by atomic mass is 79.9. The molecule has 4 aliphatic rings. The Balaban J connectivity index is 1.48. The fraction of sp³-hybridized carbons (Fsp3) is 0.351. The molecule has 6 atom stereocenters. The third-order valence-corrected chi connectivity index (χ3v) is 11.6. The predicted molar refractivity (Wildman–Crippen MR) is 188 cm³/mol. The number of allylic oxidation sites excluding steroid dienone is 2. The van der Waals surface area contributed by atoms with E-state index >= 15 is 4.79 Å². The summed E-state index contributed by atoms with van der Waals surface area (Å²) in [6, 6.07) is 16.7. The Labute approximate surface area is 302 Å². The molecule has 6 unspecified atom stereocenters. The molecule has 0 spiro atoms. The number of likely N-dealkylation sites (tertiary alicyclic amines) is 1. The van der Waals surface area contributed by atoms with Crippen LogP contribution in [0.2, 0.25) is 10.0 Å². The normalized spacial score (nSPS) is 27.9. The number of phenolic OH excluding ortho intramolecular Hbond substituents is 1. The van der Waals surface area contributed by atoms with Crippen LogP contribution in [0.1, 0.15) is 50.7 Å². The highest BCUT2D eigenvalue weighted by Gasteiger charge is 2.71. The Kier molecular flexibility index (Phi) is 8.16. The predicted octanol–water partition coefficient (Wildman–Crippen LogP) is 7.25. The number of nitrogens with one attached hydrogen (secondary N) is 1. The molecule has 49 heavy (non-hydrogen) atoms. The van der Waals surface area contributed by atoms with Gasteiger partial charge in [0, 0.05) is 26.5 Å². The molecule has 0 aromatic heterocycles. The Hall–Kier alpha value is -3.86. The topological polar surface area (TPSA) is 116 Å².